The number of methoxy groups -OCH3 is 1. The van der Waals surface area contributed by atoms with Gasteiger partial charge in [-0.3, -0.25) is 9.10 Å². The molecule has 7 heteroatoms. The van der Waals surface area contributed by atoms with Crippen LogP contribution in [-0.2, 0) is 14.8 Å². The number of hydrogen-bond donors (Lipinski definition) is 1. The van der Waals surface area contributed by atoms with E-state index in [-0.39, 0.29) is 23.4 Å². The van der Waals surface area contributed by atoms with Crippen molar-refractivity contribution in [3.8, 4) is 5.75 Å². The van der Waals surface area contributed by atoms with Crippen LogP contribution in [0.1, 0.15) is 31.9 Å². The average molecular weight is 467 g/mol. The van der Waals surface area contributed by atoms with Crippen LogP contribution < -0.4 is 14.4 Å². The monoisotopic (exact) mass is 466 g/mol. The molecule has 174 valence electrons. The minimum absolute atomic E-state index is 0.121. The van der Waals surface area contributed by atoms with Gasteiger partial charge >= 0.3 is 0 Å². The number of amides is 1. The highest BCUT2D eigenvalue weighted by molar-refractivity contribution is 7.92. The highest BCUT2D eigenvalue weighted by Gasteiger charge is 2.28. The van der Waals surface area contributed by atoms with Gasteiger partial charge in [0.05, 0.1) is 23.7 Å². The summed E-state index contributed by atoms with van der Waals surface area (Å²) in [5, 5.41) is 3.04. The molecule has 6 nitrogen and oxygen atoms in total. The summed E-state index contributed by atoms with van der Waals surface area (Å²) >= 11 is 0. The molecule has 0 aromatic heterocycles. The fourth-order valence-electron chi connectivity index (χ4n) is 3.59. The highest BCUT2D eigenvalue weighted by atomic mass is 32.2. The summed E-state index contributed by atoms with van der Waals surface area (Å²) in [6.45, 7) is 3.84. The van der Waals surface area contributed by atoms with Crippen LogP contribution in [0.5, 0.6) is 5.75 Å². The quantitative estimate of drug-likeness (QED) is 0.466. The third-order valence-corrected chi connectivity index (χ3v) is 7.01. The molecule has 1 amide bonds. The summed E-state index contributed by atoms with van der Waals surface area (Å²) in [7, 11) is -2.42. The van der Waals surface area contributed by atoms with Crippen LogP contribution in [0, 0.1) is 5.92 Å². The SMILES string of the molecule is COc1ccc(N(CC(=O)NC(CC(C)C)c2ccccc2)S(=O)(=O)c2ccccc2)cc1. The lowest BCUT2D eigenvalue weighted by molar-refractivity contribution is -0.120. The zero-order valence-electron chi connectivity index (χ0n) is 19.1. The Kier molecular flexibility index (Phi) is 8.11. The highest BCUT2D eigenvalue weighted by Crippen LogP contribution is 2.26. The third-order valence-electron chi connectivity index (χ3n) is 5.22. The van der Waals surface area contributed by atoms with Crippen molar-refractivity contribution in [1.82, 2.24) is 5.32 Å². The van der Waals surface area contributed by atoms with Crippen molar-refractivity contribution in [2.75, 3.05) is 18.0 Å². The minimum atomic E-state index is -3.96. The van der Waals surface area contributed by atoms with Crippen LogP contribution in [-0.4, -0.2) is 28.0 Å². The van der Waals surface area contributed by atoms with Crippen molar-refractivity contribution in [3.63, 3.8) is 0 Å². The van der Waals surface area contributed by atoms with Crippen LogP contribution in [0.25, 0.3) is 0 Å². The second-order valence-electron chi connectivity index (χ2n) is 8.18. The molecule has 0 radical (unpaired) electrons. The molecular weight excluding hydrogens is 436 g/mol. The average Bonchev–Trinajstić information content (AvgIpc) is 2.83. The van der Waals surface area contributed by atoms with Gasteiger partial charge in [0.25, 0.3) is 10.0 Å². The maximum absolute atomic E-state index is 13.5. The van der Waals surface area contributed by atoms with Gasteiger partial charge in [-0.15, -0.1) is 0 Å². The van der Waals surface area contributed by atoms with Crippen molar-refractivity contribution in [2.45, 2.75) is 31.2 Å². The van der Waals surface area contributed by atoms with Gasteiger partial charge in [-0.1, -0.05) is 62.4 Å². The van der Waals surface area contributed by atoms with Crippen molar-refractivity contribution in [3.05, 3.63) is 90.5 Å². The number of benzene rings is 3. The first-order valence-electron chi connectivity index (χ1n) is 10.9. The maximum atomic E-state index is 13.5. The number of anilines is 1. The van der Waals surface area contributed by atoms with E-state index in [0.29, 0.717) is 17.4 Å². The van der Waals surface area contributed by atoms with E-state index in [1.54, 1.807) is 49.6 Å². The predicted octanol–water partition coefficient (Wildman–Crippen LogP) is 4.79. The normalized spacial score (nSPS) is 12.2. The number of ether oxygens (including phenoxy) is 1. The molecule has 0 saturated heterocycles. The summed E-state index contributed by atoms with van der Waals surface area (Å²) in [4.78, 5) is 13.3. The first-order valence-corrected chi connectivity index (χ1v) is 12.3. The number of rotatable bonds is 10. The number of carbonyl (C=O) groups is 1. The summed E-state index contributed by atoms with van der Waals surface area (Å²) in [5.74, 6) is 0.572. The molecule has 0 aliphatic rings. The minimum Gasteiger partial charge on any atom is -0.497 e. The Morgan fingerprint density at radius 3 is 2.03 bits per heavy atom. The van der Waals surface area contributed by atoms with Gasteiger partial charge in [-0.2, -0.15) is 0 Å². The molecule has 0 spiro atoms. The molecular formula is C26H30N2O4S. The van der Waals surface area contributed by atoms with Crippen LogP contribution >= 0.6 is 0 Å². The molecule has 3 rings (SSSR count). The number of hydrogen-bond acceptors (Lipinski definition) is 4. The Hall–Kier alpha value is -3.32. The number of nitrogens with one attached hydrogen (secondary N) is 1. The summed E-state index contributed by atoms with van der Waals surface area (Å²) in [5.41, 5.74) is 1.37. The third kappa shape index (κ3) is 6.35. The molecule has 0 saturated carbocycles. The standard InChI is InChI=1S/C26H30N2O4S/c1-20(2)18-25(21-10-6-4-7-11-21)27-26(29)19-28(22-14-16-23(32-3)17-15-22)33(30,31)24-12-8-5-9-13-24/h4-17,20,25H,18-19H2,1-3H3,(H,27,29). The van der Waals surface area contributed by atoms with E-state index in [1.165, 1.54) is 12.1 Å². The lowest BCUT2D eigenvalue weighted by Gasteiger charge is -2.26. The molecule has 0 aliphatic heterocycles. The van der Waals surface area contributed by atoms with Gasteiger partial charge in [0.2, 0.25) is 5.91 Å². The van der Waals surface area contributed by atoms with Gasteiger partial charge in [-0.25, -0.2) is 8.42 Å². The van der Waals surface area contributed by atoms with E-state index in [0.717, 1.165) is 16.3 Å². The maximum Gasteiger partial charge on any atom is 0.264 e. The Morgan fingerprint density at radius 1 is 0.909 bits per heavy atom. The topological polar surface area (TPSA) is 75.7 Å². The van der Waals surface area contributed by atoms with E-state index in [9.17, 15) is 13.2 Å². The Bertz CT molecular complexity index is 1130. The van der Waals surface area contributed by atoms with Crippen molar-refractivity contribution >= 4 is 21.6 Å². The van der Waals surface area contributed by atoms with Crippen LogP contribution in [0.15, 0.2) is 89.8 Å². The van der Waals surface area contributed by atoms with Gasteiger partial charge in [0.15, 0.2) is 0 Å². The second kappa shape index (κ2) is 11.0. The van der Waals surface area contributed by atoms with Gasteiger partial charge < -0.3 is 10.1 Å². The fourth-order valence-corrected chi connectivity index (χ4v) is 5.03. The molecule has 0 aliphatic carbocycles. The molecule has 1 N–H and O–H groups in total. The molecule has 1 atom stereocenters. The summed E-state index contributed by atoms with van der Waals surface area (Å²) in [6.07, 6.45) is 0.740. The van der Waals surface area contributed by atoms with Gasteiger partial charge in [-0.05, 0) is 54.3 Å². The van der Waals surface area contributed by atoms with E-state index < -0.39 is 10.0 Å². The zero-order valence-corrected chi connectivity index (χ0v) is 20.0. The van der Waals surface area contributed by atoms with Crippen molar-refractivity contribution < 1.29 is 17.9 Å². The first-order chi connectivity index (χ1) is 15.8. The van der Waals surface area contributed by atoms with Crippen LogP contribution in [0.2, 0.25) is 0 Å². The fraction of sp³-hybridized carbons (Fsp3) is 0.269. The molecule has 33 heavy (non-hydrogen) atoms. The molecule has 0 fully saturated rings. The molecule has 3 aromatic carbocycles. The van der Waals surface area contributed by atoms with Gasteiger partial charge in [0.1, 0.15) is 12.3 Å². The molecule has 1 unspecified atom stereocenters. The lowest BCUT2D eigenvalue weighted by Crippen LogP contribution is -2.42. The van der Waals surface area contributed by atoms with Crippen LogP contribution in [0.3, 0.4) is 0 Å². The Balaban J connectivity index is 1.91. The Morgan fingerprint density at radius 2 is 1.48 bits per heavy atom. The molecule has 0 bridgehead atoms. The van der Waals surface area contributed by atoms with Crippen molar-refractivity contribution in [2.24, 2.45) is 5.92 Å². The Labute approximate surface area is 196 Å². The number of nitrogens with zero attached hydrogens (tertiary/aromatic N) is 1. The van der Waals surface area contributed by atoms with Crippen LogP contribution in [0.4, 0.5) is 5.69 Å². The smallest absolute Gasteiger partial charge is 0.264 e. The largest absolute Gasteiger partial charge is 0.497 e. The first kappa shape index (κ1) is 24.3. The van der Waals surface area contributed by atoms with E-state index in [1.807, 2.05) is 30.3 Å². The number of carbonyl (C=O) groups excluding carboxylic acids is 1. The van der Waals surface area contributed by atoms with Crippen molar-refractivity contribution in [1.29, 1.82) is 0 Å². The predicted molar refractivity (Wildman–Crippen MR) is 131 cm³/mol. The number of sulfonamides is 1. The zero-order chi connectivity index (χ0) is 23.8. The van der Waals surface area contributed by atoms with E-state index in [2.05, 4.69) is 19.2 Å². The van der Waals surface area contributed by atoms with E-state index >= 15 is 0 Å². The summed E-state index contributed by atoms with van der Waals surface area (Å²) < 4.78 is 33.3. The van der Waals surface area contributed by atoms with Gasteiger partial charge in [0, 0.05) is 0 Å². The molecule has 0 heterocycles. The van der Waals surface area contributed by atoms with E-state index in [4.69, 9.17) is 4.74 Å². The molecule has 3 aromatic rings. The summed E-state index contributed by atoms with van der Waals surface area (Å²) in [6, 6.07) is 24.2. The second-order valence-corrected chi connectivity index (χ2v) is 10.0. The lowest BCUT2D eigenvalue weighted by atomic mass is 9.97.